The Hall–Kier alpha value is -1.89. The van der Waals surface area contributed by atoms with Gasteiger partial charge in [0.1, 0.15) is 5.75 Å². The summed E-state index contributed by atoms with van der Waals surface area (Å²) in [5.74, 6) is 1.40. The number of aromatic nitrogens is 3. The molecule has 0 amide bonds. The molecule has 1 saturated carbocycles. The number of hydrogen-bond acceptors (Lipinski definition) is 5. The van der Waals surface area contributed by atoms with Gasteiger partial charge in [-0.15, -0.1) is 5.10 Å². The van der Waals surface area contributed by atoms with Crippen LogP contribution in [0.1, 0.15) is 18.9 Å². The van der Waals surface area contributed by atoms with Crippen molar-refractivity contribution in [2.75, 3.05) is 18.1 Å². The number of ether oxygens (including phenoxy) is 1. The molecular weight excluding hydrogens is 276 g/mol. The van der Waals surface area contributed by atoms with E-state index in [1.54, 1.807) is 10.6 Å². The number of nitrogens with one attached hydrogen (secondary N) is 1. The van der Waals surface area contributed by atoms with E-state index >= 15 is 0 Å². The topological polar surface area (TPSA) is 85.9 Å². The molecule has 20 heavy (non-hydrogen) atoms. The second kappa shape index (κ2) is 5.62. The van der Waals surface area contributed by atoms with Gasteiger partial charge in [-0.05, 0) is 25.0 Å². The van der Waals surface area contributed by atoms with Crippen molar-refractivity contribution in [2.24, 2.45) is 0 Å². The Morgan fingerprint density at radius 1 is 1.45 bits per heavy atom. The molecule has 1 heterocycles. The van der Waals surface area contributed by atoms with E-state index in [4.69, 9.17) is 10.5 Å². The Kier molecular flexibility index (Phi) is 3.68. The summed E-state index contributed by atoms with van der Waals surface area (Å²) < 4.78 is 7.35. The van der Waals surface area contributed by atoms with Crippen LogP contribution in [-0.2, 0) is 0 Å². The molecule has 6 nitrogen and oxygen atoms in total. The Morgan fingerprint density at radius 3 is 3.00 bits per heavy atom. The minimum Gasteiger partial charge on any atom is -0.491 e. The highest BCUT2D eigenvalue weighted by Crippen LogP contribution is 2.35. The van der Waals surface area contributed by atoms with E-state index in [1.807, 2.05) is 18.2 Å². The lowest BCUT2D eigenvalue weighted by molar-refractivity contribution is 0.345. The summed E-state index contributed by atoms with van der Waals surface area (Å²) in [4.78, 5) is 11.6. The van der Waals surface area contributed by atoms with Crippen LogP contribution in [0.3, 0.4) is 0 Å². The van der Waals surface area contributed by atoms with E-state index in [1.165, 1.54) is 11.8 Å². The maximum Gasteiger partial charge on any atom is 0.344 e. The first kappa shape index (κ1) is 13.1. The predicted molar refractivity (Wildman–Crippen MR) is 78.2 cm³/mol. The average molecular weight is 292 g/mol. The van der Waals surface area contributed by atoms with Gasteiger partial charge < -0.3 is 10.5 Å². The molecule has 0 aliphatic heterocycles. The van der Waals surface area contributed by atoms with Crippen LogP contribution in [0.5, 0.6) is 5.75 Å². The van der Waals surface area contributed by atoms with Crippen molar-refractivity contribution in [1.29, 1.82) is 0 Å². The quantitative estimate of drug-likeness (QED) is 0.480. The largest absolute Gasteiger partial charge is 0.491 e. The number of thioether (sulfide) groups is 1. The van der Waals surface area contributed by atoms with E-state index in [9.17, 15) is 4.79 Å². The monoisotopic (exact) mass is 292 g/mol. The summed E-state index contributed by atoms with van der Waals surface area (Å²) in [7, 11) is 0. The van der Waals surface area contributed by atoms with Crippen LogP contribution in [0, 0.1) is 0 Å². The maximum atomic E-state index is 11.6. The van der Waals surface area contributed by atoms with Crippen molar-refractivity contribution in [2.45, 2.75) is 24.0 Å². The lowest BCUT2D eigenvalue weighted by Gasteiger charge is -2.08. The SMILES string of the molecule is Nc1ccccc1OCCSc1n[nH]c(=O)n1C1CC1. The molecule has 1 aromatic carbocycles. The predicted octanol–water partition coefficient (Wildman–Crippen LogP) is 1.66. The zero-order valence-electron chi connectivity index (χ0n) is 10.9. The highest BCUT2D eigenvalue weighted by Gasteiger charge is 2.28. The fraction of sp³-hybridized carbons (Fsp3) is 0.385. The van der Waals surface area contributed by atoms with Crippen molar-refractivity contribution in [3.63, 3.8) is 0 Å². The fourth-order valence-corrected chi connectivity index (χ4v) is 2.77. The molecule has 3 rings (SSSR count). The van der Waals surface area contributed by atoms with E-state index in [-0.39, 0.29) is 5.69 Å². The van der Waals surface area contributed by atoms with Crippen LogP contribution < -0.4 is 16.2 Å². The normalized spacial score (nSPS) is 14.4. The molecule has 0 unspecified atom stereocenters. The van der Waals surface area contributed by atoms with Crippen molar-refractivity contribution < 1.29 is 4.74 Å². The zero-order valence-corrected chi connectivity index (χ0v) is 11.7. The number of para-hydroxylation sites is 2. The zero-order chi connectivity index (χ0) is 13.9. The number of nitrogen functional groups attached to an aromatic ring is 1. The minimum absolute atomic E-state index is 0.122. The van der Waals surface area contributed by atoms with Crippen molar-refractivity contribution >= 4 is 17.4 Å². The van der Waals surface area contributed by atoms with Crippen LogP contribution in [0.15, 0.2) is 34.2 Å². The number of benzene rings is 1. The number of hydrogen-bond donors (Lipinski definition) is 2. The second-order valence-electron chi connectivity index (χ2n) is 4.65. The summed E-state index contributed by atoms with van der Waals surface area (Å²) in [6.07, 6.45) is 2.12. The highest BCUT2D eigenvalue weighted by atomic mass is 32.2. The molecule has 3 N–H and O–H groups in total. The highest BCUT2D eigenvalue weighted by molar-refractivity contribution is 7.99. The van der Waals surface area contributed by atoms with Gasteiger partial charge in [-0.25, -0.2) is 9.89 Å². The maximum absolute atomic E-state index is 11.6. The molecule has 0 saturated heterocycles. The third kappa shape index (κ3) is 2.82. The van der Waals surface area contributed by atoms with E-state index < -0.39 is 0 Å². The first-order valence-corrected chi connectivity index (χ1v) is 7.51. The number of rotatable bonds is 6. The van der Waals surface area contributed by atoms with Gasteiger partial charge in [-0.3, -0.25) is 4.57 Å². The number of nitrogens with zero attached hydrogens (tertiary/aromatic N) is 2. The Balaban J connectivity index is 1.53. The molecule has 1 aliphatic rings. The van der Waals surface area contributed by atoms with E-state index in [0.29, 0.717) is 29.8 Å². The van der Waals surface area contributed by atoms with Gasteiger partial charge >= 0.3 is 5.69 Å². The summed E-state index contributed by atoms with van der Waals surface area (Å²) in [6, 6.07) is 7.73. The first-order valence-electron chi connectivity index (χ1n) is 6.52. The van der Waals surface area contributed by atoms with Crippen molar-refractivity contribution in [3.05, 3.63) is 34.7 Å². The van der Waals surface area contributed by atoms with Crippen molar-refractivity contribution in [1.82, 2.24) is 14.8 Å². The lowest BCUT2D eigenvalue weighted by atomic mass is 10.3. The lowest BCUT2D eigenvalue weighted by Crippen LogP contribution is -2.16. The molecule has 7 heteroatoms. The Labute approximate surface area is 120 Å². The van der Waals surface area contributed by atoms with E-state index in [2.05, 4.69) is 10.2 Å². The molecule has 0 spiro atoms. The smallest absolute Gasteiger partial charge is 0.344 e. The van der Waals surface area contributed by atoms with Crippen molar-refractivity contribution in [3.8, 4) is 5.75 Å². The number of nitrogens with two attached hydrogens (primary N) is 1. The molecular formula is C13H16N4O2S. The molecule has 1 fully saturated rings. The number of H-pyrrole nitrogens is 1. The van der Waals surface area contributed by atoms with Crippen LogP contribution in [0.2, 0.25) is 0 Å². The third-order valence-corrected chi connectivity index (χ3v) is 3.99. The fourth-order valence-electron chi connectivity index (χ4n) is 1.94. The molecule has 1 aliphatic carbocycles. The standard InChI is InChI=1S/C13H16N4O2S/c14-10-3-1-2-4-11(10)19-7-8-20-13-16-15-12(18)17(13)9-5-6-9/h1-4,9H,5-8,14H2,(H,15,18). The summed E-state index contributed by atoms with van der Waals surface area (Å²) in [5.41, 5.74) is 6.30. The van der Waals surface area contributed by atoms with Crippen LogP contribution >= 0.6 is 11.8 Å². The van der Waals surface area contributed by atoms with Gasteiger partial charge in [-0.2, -0.15) is 0 Å². The molecule has 0 atom stereocenters. The van der Waals surface area contributed by atoms with Gasteiger partial charge in [0, 0.05) is 11.8 Å². The van der Waals surface area contributed by atoms with Crippen LogP contribution in [0.4, 0.5) is 5.69 Å². The Morgan fingerprint density at radius 2 is 2.25 bits per heavy atom. The number of aromatic amines is 1. The molecule has 0 radical (unpaired) electrons. The molecule has 106 valence electrons. The molecule has 0 bridgehead atoms. The summed E-state index contributed by atoms with van der Waals surface area (Å²) in [5, 5.41) is 7.29. The molecule has 2 aromatic rings. The van der Waals surface area contributed by atoms with Crippen LogP contribution in [-0.4, -0.2) is 27.1 Å². The molecule has 1 aromatic heterocycles. The van der Waals surface area contributed by atoms with E-state index in [0.717, 1.165) is 18.0 Å². The Bertz CT molecular complexity index is 648. The average Bonchev–Trinajstić information content (AvgIpc) is 3.21. The van der Waals surface area contributed by atoms with Gasteiger partial charge in [-0.1, -0.05) is 23.9 Å². The summed E-state index contributed by atoms with van der Waals surface area (Å²) in [6.45, 7) is 0.518. The van der Waals surface area contributed by atoms with Gasteiger partial charge in [0.15, 0.2) is 5.16 Å². The van der Waals surface area contributed by atoms with Gasteiger partial charge in [0.25, 0.3) is 0 Å². The van der Waals surface area contributed by atoms with Crippen LogP contribution in [0.25, 0.3) is 0 Å². The minimum atomic E-state index is -0.122. The summed E-state index contributed by atoms with van der Waals surface area (Å²) >= 11 is 1.52. The van der Waals surface area contributed by atoms with Gasteiger partial charge in [0.05, 0.1) is 12.3 Å². The second-order valence-corrected chi connectivity index (χ2v) is 5.71. The van der Waals surface area contributed by atoms with Gasteiger partial charge in [0.2, 0.25) is 0 Å². The third-order valence-electron chi connectivity index (χ3n) is 3.08. The first-order chi connectivity index (χ1) is 9.75. The number of anilines is 1.